The van der Waals surface area contributed by atoms with E-state index in [-0.39, 0.29) is 0 Å². The summed E-state index contributed by atoms with van der Waals surface area (Å²) in [7, 11) is 1.83. The van der Waals surface area contributed by atoms with Gasteiger partial charge in [0.15, 0.2) is 0 Å². The second-order valence-corrected chi connectivity index (χ2v) is 4.50. The third kappa shape index (κ3) is 3.60. The molecule has 0 radical (unpaired) electrons. The molecule has 3 nitrogen and oxygen atoms in total. The van der Waals surface area contributed by atoms with Crippen LogP contribution < -0.4 is 5.32 Å². The highest BCUT2D eigenvalue weighted by atomic mass is 16.5. The summed E-state index contributed by atoms with van der Waals surface area (Å²) in [5.74, 6) is 0.645. The Hall–Kier alpha value is -2.29. The lowest BCUT2D eigenvalue weighted by Crippen LogP contribution is -2.13. The maximum absolute atomic E-state index is 5.85. The summed E-state index contributed by atoms with van der Waals surface area (Å²) in [5, 5.41) is 3.06. The Morgan fingerprint density at radius 3 is 2.70 bits per heavy atom. The Labute approximate surface area is 120 Å². The van der Waals surface area contributed by atoms with Gasteiger partial charge in [0.1, 0.15) is 12.3 Å². The lowest BCUT2D eigenvalue weighted by molar-refractivity contribution is 0.224. The Kier molecular flexibility index (Phi) is 5.18. The smallest absolute Gasteiger partial charge is 0.214 e. The van der Waals surface area contributed by atoms with E-state index in [0.717, 1.165) is 24.1 Å². The monoisotopic (exact) mass is 268 g/mol. The van der Waals surface area contributed by atoms with Crippen molar-refractivity contribution >= 4 is 12.4 Å². The molecule has 1 N–H and O–H groups in total. The Bertz CT molecular complexity index is 541. The van der Waals surface area contributed by atoms with E-state index >= 15 is 0 Å². The normalized spacial score (nSPS) is 15.2. The van der Waals surface area contributed by atoms with Crippen molar-refractivity contribution < 1.29 is 4.74 Å². The van der Waals surface area contributed by atoms with Crippen LogP contribution in [0.4, 0.5) is 0 Å². The first-order valence-electron chi connectivity index (χ1n) is 6.77. The number of allylic oxidation sites excluding steroid dienone is 2. The van der Waals surface area contributed by atoms with Crippen molar-refractivity contribution in [3.05, 3.63) is 65.6 Å². The first-order chi connectivity index (χ1) is 9.85. The van der Waals surface area contributed by atoms with Crippen molar-refractivity contribution in [2.24, 2.45) is 4.99 Å². The van der Waals surface area contributed by atoms with Crippen molar-refractivity contribution in [3.8, 4) is 0 Å². The zero-order valence-corrected chi connectivity index (χ0v) is 11.8. The number of ether oxygens (including phenoxy) is 1. The topological polar surface area (TPSA) is 33.6 Å². The average molecular weight is 268 g/mol. The molecule has 1 aromatic rings. The molecule has 0 spiro atoms. The van der Waals surface area contributed by atoms with Gasteiger partial charge in [0.2, 0.25) is 5.88 Å². The van der Waals surface area contributed by atoms with Crippen LogP contribution in [0.25, 0.3) is 5.70 Å². The molecule has 1 aliphatic rings. The number of rotatable bonds is 6. The van der Waals surface area contributed by atoms with Gasteiger partial charge in [0.25, 0.3) is 0 Å². The van der Waals surface area contributed by atoms with E-state index in [0.29, 0.717) is 12.5 Å². The van der Waals surface area contributed by atoms with E-state index in [1.54, 1.807) is 0 Å². The van der Waals surface area contributed by atoms with Gasteiger partial charge >= 0.3 is 0 Å². The summed E-state index contributed by atoms with van der Waals surface area (Å²) < 4.78 is 5.85. The predicted molar refractivity (Wildman–Crippen MR) is 84.4 cm³/mol. The maximum Gasteiger partial charge on any atom is 0.214 e. The van der Waals surface area contributed by atoms with Gasteiger partial charge in [-0.15, -0.1) is 0 Å². The molecule has 1 aliphatic carbocycles. The van der Waals surface area contributed by atoms with Gasteiger partial charge in [-0.25, -0.2) is 0 Å². The first-order valence-corrected chi connectivity index (χ1v) is 6.77. The number of hydrogen-bond donors (Lipinski definition) is 1. The van der Waals surface area contributed by atoms with E-state index in [1.807, 2.05) is 37.4 Å². The summed E-state index contributed by atoms with van der Waals surface area (Å²) in [5.41, 5.74) is 2.91. The highest BCUT2D eigenvalue weighted by Crippen LogP contribution is 2.20. The summed E-state index contributed by atoms with van der Waals surface area (Å²) in [6.45, 7) is 4.18. The fourth-order valence-corrected chi connectivity index (χ4v) is 2.08. The molecule has 0 saturated carbocycles. The van der Waals surface area contributed by atoms with Crippen molar-refractivity contribution in [2.45, 2.75) is 12.8 Å². The highest BCUT2D eigenvalue weighted by Gasteiger charge is 2.09. The second-order valence-electron chi connectivity index (χ2n) is 4.50. The van der Waals surface area contributed by atoms with Gasteiger partial charge in [-0.2, -0.15) is 0 Å². The van der Waals surface area contributed by atoms with Crippen LogP contribution in [-0.2, 0) is 4.74 Å². The molecule has 104 valence electrons. The molecule has 0 fully saturated rings. The Balaban J connectivity index is 2.15. The van der Waals surface area contributed by atoms with E-state index in [4.69, 9.17) is 4.74 Å². The van der Waals surface area contributed by atoms with Crippen molar-refractivity contribution in [1.29, 1.82) is 0 Å². The fourth-order valence-electron chi connectivity index (χ4n) is 2.08. The number of nitrogens with zero attached hydrogens (tertiary/aromatic N) is 1. The van der Waals surface area contributed by atoms with E-state index in [9.17, 15) is 0 Å². The molecular formula is C17H20N2O. The molecule has 0 saturated heterocycles. The van der Waals surface area contributed by atoms with E-state index in [1.165, 1.54) is 5.57 Å². The third-order valence-electron chi connectivity index (χ3n) is 3.10. The molecule has 0 atom stereocenters. The summed E-state index contributed by atoms with van der Waals surface area (Å²) in [6.07, 6.45) is 8.68. The molecule has 0 aliphatic heterocycles. The SMILES string of the molecule is C=N/C(=C(/NC)OCC1=CCCC=C1)c1ccccc1. The van der Waals surface area contributed by atoms with Crippen LogP contribution in [0.2, 0.25) is 0 Å². The van der Waals surface area contributed by atoms with Crippen molar-refractivity contribution in [3.63, 3.8) is 0 Å². The average Bonchev–Trinajstić information content (AvgIpc) is 2.53. The van der Waals surface area contributed by atoms with Gasteiger partial charge in [-0.3, -0.25) is 4.99 Å². The van der Waals surface area contributed by atoms with Crippen LogP contribution >= 0.6 is 0 Å². The van der Waals surface area contributed by atoms with Crippen LogP contribution in [0, 0.1) is 0 Å². The summed E-state index contributed by atoms with van der Waals surface area (Å²) in [6, 6.07) is 9.90. The molecule has 20 heavy (non-hydrogen) atoms. The van der Waals surface area contributed by atoms with Crippen LogP contribution in [0.3, 0.4) is 0 Å². The molecule has 1 aromatic carbocycles. The standard InChI is InChI=1S/C17H20N2O/c1-18-16(15-11-7-4-8-12-15)17(19-2)20-13-14-9-5-3-6-10-14/h4-5,7-12,19H,1,3,6,13H2,2H3/b17-16-. The van der Waals surface area contributed by atoms with Gasteiger partial charge in [0, 0.05) is 12.6 Å². The minimum absolute atomic E-state index is 0.540. The molecule has 0 unspecified atom stereocenters. The number of hydrogen-bond acceptors (Lipinski definition) is 3. The molecule has 0 heterocycles. The van der Waals surface area contributed by atoms with Crippen LogP contribution in [0.15, 0.2) is 65.0 Å². The van der Waals surface area contributed by atoms with E-state index in [2.05, 4.69) is 35.3 Å². The van der Waals surface area contributed by atoms with Gasteiger partial charge in [-0.1, -0.05) is 48.6 Å². The van der Waals surface area contributed by atoms with Crippen LogP contribution in [-0.4, -0.2) is 20.4 Å². The lowest BCUT2D eigenvalue weighted by atomic mass is 10.1. The van der Waals surface area contributed by atoms with Gasteiger partial charge in [0.05, 0.1) is 0 Å². The van der Waals surface area contributed by atoms with Gasteiger partial charge < -0.3 is 10.1 Å². The van der Waals surface area contributed by atoms with Crippen molar-refractivity contribution in [2.75, 3.05) is 13.7 Å². The lowest BCUT2D eigenvalue weighted by Gasteiger charge is -2.15. The first kappa shape index (κ1) is 14.1. The minimum atomic E-state index is 0.540. The largest absolute Gasteiger partial charge is 0.473 e. The Morgan fingerprint density at radius 1 is 1.30 bits per heavy atom. The summed E-state index contributed by atoms with van der Waals surface area (Å²) >= 11 is 0. The van der Waals surface area contributed by atoms with Crippen LogP contribution in [0.5, 0.6) is 0 Å². The third-order valence-corrected chi connectivity index (χ3v) is 3.10. The molecule has 3 heteroatoms. The number of aliphatic imine (C=N–C) groups is 1. The molecule has 0 amide bonds. The quantitative estimate of drug-likeness (QED) is 0.632. The maximum atomic E-state index is 5.85. The summed E-state index contributed by atoms with van der Waals surface area (Å²) in [4.78, 5) is 4.10. The Morgan fingerprint density at radius 2 is 2.10 bits per heavy atom. The minimum Gasteiger partial charge on any atom is -0.473 e. The molecule has 0 bridgehead atoms. The predicted octanol–water partition coefficient (Wildman–Crippen LogP) is 3.53. The number of nitrogens with one attached hydrogen (secondary N) is 1. The zero-order valence-electron chi connectivity index (χ0n) is 11.8. The number of benzene rings is 1. The van der Waals surface area contributed by atoms with Gasteiger partial charge in [-0.05, 0) is 25.1 Å². The van der Waals surface area contributed by atoms with Crippen LogP contribution in [0.1, 0.15) is 18.4 Å². The molecule has 2 rings (SSSR count). The zero-order chi connectivity index (χ0) is 14.2. The second kappa shape index (κ2) is 7.34. The molecule has 0 aromatic heterocycles. The molecular weight excluding hydrogens is 248 g/mol. The fraction of sp³-hybridized carbons (Fsp3) is 0.235. The van der Waals surface area contributed by atoms with Crippen molar-refractivity contribution in [1.82, 2.24) is 5.32 Å². The highest BCUT2D eigenvalue weighted by molar-refractivity contribution is 5.69. The van der Waals surface area contributed by atoms with E-state index < -0.39 is 0 Å².